The van der Waals surface area contributed by atoms with Crippen molar-refractivity contribution in [2.45, 2.75) is 24.9 Å². The molecule has 1 aromatic carbocycles. The highest BCUT2D eigenvalue weighted by molar-refractivity contribution is 9.09. The Morgan fingerprint density at radius 3 is 2.17 bits per heavy atom. The first-order valence-corrected chi connectivity index (χ1v) is 6.17. The molecule has 0 aliphatic heterocycles. The van der Waals surface area contributed by atoms with Gasteiger partial charge in [0.05, 0.1) is 11.4 Å². The van der Waals surface area contributed by atoms with Gasteiger partial charge in [-0.15, -0.1) is 0 Å². The van der Waals surface area contributed by atoms with Gasteiger partial charge in [-0.3, -0.25) is 0 Å². The number of benzene rings is 1. The molecule has 0 amide bonds. The summed E-state index contributed by atoms with van der Waals surface area (Å²) in [4.78, 5) is -0.388. The van der Waals surface area contributed by atoms with Gasteiger partial charge >= 0.3 is 6.18 Å². The molecule has 0 fully saturated rings. The monoisotopic (exact) mass is 328 g/mol. The van der Waals surface area contributed by atoms with Gasteiger partial charge in [0.15, 0.2) is 0 Å². The SMILES string of the molecule is Cc1cc(F)cc(C)c1C(Br)COCC(F)(F)F. The molecule has 0 aliphatic carbocycles. The predicted octanol–water partition coefficient (Wildman–Crippen LogP) is 4.46. The molecule has 1 atom stereocenters. The minimum absolute atomic E-state index is 0.118. The van der Waals surface area contributed by atoms with Gasteiger partial charge in [0.2, 0.25) is 0 Å². The zero-order valence-corrected chi connectivity index (χ0v) is 11.5. The molecular weight excluding hydrogens is 316 g/mol. The summed E-state index contributed by atoms with van der Waals surface area (Å²) in [5, 5.41) is 0. The first-order valence-electron chi connectivity index (χ1n) is 5.26. The van der Waals surface area contributed by atoms with E-state index in [-0.39, 0.29) is 17.3 Å². The average Bonchev–Trinajstić information content (AvgIpc) is 2.13. The molecule has 18 heavy (non-hydrogen) atoms. The number of ether oxygens (including phenoxy) is 1. The maximum Gasteiger partial charge on any atom is 0.411 e. The number of hydrogen-bond donors (Lipinski definition) is 0. The van der Waals surface area contributed by atoms with Gasteiger partial charge < -0.3 is 4.74 Å². The molecule has 1 rings (SSSR count). The highest BCUT2D eigenvalue weighted by Gasteiger charge is 2.28. The molecule has 0 saturated heterocycles. The lowest BCUT2D eigenvalue weighted by Gasteiger charge is -2.17. The summed E-state index contributed by atoms with van der Waals surface area (Å²) in [7, 11) is 0. The highest BCUT2D eigenvalue weighted by atomic mass is 79.9. The Hall–Kier alpha value is -0.620. The second kappa shape index (κ2) is 6.02. The molecule has 0 radical (unpaired) electrons. The van der Waals surface area contributed by atoms with E-state index in [1.54, 1.807) is 13.8 Å². The van der Waals surface area contributed by atoms with Crippen LogP contribution in [0.5, 0.6) is 0 Å². The van der Waals surface area contributed by atoms with Crippen LogP contribution in [-0.2, 0) is 4.74 Å². The molecule has 0 spiro atoms. The van der Waals surface area contributed by atoms with E-state index in [2.05, 4.69) is 20.7 Å². The Morgan fingerprint density at radius 1 is 1.22 bits per heavy atom. The summed E-state index contributed by atoms with van der Waals surface area (Å²) in [5.41, 5.74) is 2.13. The smallest absolute Gasteiger partial charge is 0.371 e. The summed E-state index contributed by atoms with van der Waals surface area (Å²) < 4.78 is 53.5. The normalized spacial score (nSPS) is 13.7. The van der Waals surface area contributed by atoms with Gasteiger partial charge in [-0.1, -0.05) is 15.9 Å². The summed E-state index contributed by atoms with van der Waals surface area (Å²) >= 11 is 3.27. The number of halogens is 5. The lowest BCUT2D eigenvalue weighted by Crippen LogP contribution is -2.19. The van der Waals surface area contributed by atoms with E-state index >= 15 is 0 Å². The van der Waals surface area contributed by atoms with Gasteiger partial charge in [0, 0.05) is 0 Å². The van der Waals surface area contributed by atoms with Crippen LogP contribution >= 0.6 is 15.9 Å². The number of hydrogen-bond acceptors (Lipinski definition) is 1. The summed E-state index contributed by atoms with van der Waals surface area (Å²) in [6.45, 7) is 2.02. The Balaban J connectivity index is 2.70. The summed E-state index contributed by atoms with van der Waals surface area (Å²) in [6.07, 6.45) is -4.33. The zero-order valence-electron chi connectivity index (χ0n) is 9.94. The largest absolute Gasteiger partial charge is 0.411 e. The maximum atomic E-state index is 13.1. The second-order valence-corrected chi connectivity index (χ2v) is 5.16. The van der Waals surface area contributed by atoms with Crippen molar-refractivity contribution in [1.82, 2.24) is 0 Å². The van der Waals surface area contributed by atoms with Gasteiger partial charge in [0.25, 0.3) is 0 Å². The Morgan fingerprint density at radius 2 is 1.72 bits per heavy atom. The standard InChI is InChI=1S/C12H13BrF4O/c1-7-3-9(14)4-8(2)11(7)10(13)5-18-6-12(15,16)17/h3-4,10H,5-6H2,1-2H3. The van der Waals surface area contributed by atoms with Crippen molar-refractivity contribution in [3.8, 4) is 0 Å². The molecule has 102 valence electrons. The lowest BCUT2D eigenvalue weighted by atomic mass is 10.00. The fourth-order valence-electron chi connectivity index (χ4n) is 1.78. The molecule has 0 N–H and O–H groups in total. The molecule has 0 bridgehead atoms. The third kappa shape index (κ3) is 4.57. The van der Waals surface area contributed by atoms with Crippen LogP contribution in [0.25, 0.3) is 0 Å². The number of alkyl halides is 4. The summed E-state index contributed by atoms with van der Waals surface area (Å²) in [6, 6.07) is 2.70. The molecule has 0 heterocycles. The topological polar surface area (TPSA) is 9.23 Å². The van der Waals surface area contributed by atoms with E-state index < -0.39 is 12.8 Å². The maximum absolute atomic E-state index is 13.1. The summed E-state index contributed by atoms with van der Waals surface area (Å²) in [5.74, 6) is -0.357. The number of rotatable bonds is 4. The quantitative estimate of drug-likeness (QED) is 0.585. The number of aryl methyl sites for hydroxylation is 2. The van der Waals surface area contributed by atoms with Crippen LogP contribution < -0.4 is 0 Å². The van der Waals surface area contributed by atoms with Crippen LogP contribution in [0.15, 0.2) is 12.1 Å². The van der Waals surface area contributed by atoms with Crippen LogP contribution in [-0.4, -0.2) is 19.4 Å². The van der Waals surface area contributed by atoms with E-state index in [0.717, 1.165) is 5.56 Å². The minimum atomic E-state index is -4.33. The fraction of sp³-hybridized carbons (Fsp3) is 0.500. The van der Waals surface area contributed by atoms with E-state index in [1.807, 2.05) is 0 Å². The molecule has 0 saturated carbocycles. The van der Waals surface area contributed by atoms with Gasteiger partial charge in [-0.25, -0.2) is 4.39 Å². The minimum Gasteiger partial charge on any atom is -0.371 e. The van der Waals surface area contributed by atoms with Crippen molar-refractivity contribution < 1.29 is 22.3 Å². The molecule has 0 aromatic heterocycles. The average molecular weight is 329 g/mol. The van der Waals surface area contributed by atoms with Crippen molar-refractivity contribution >= 4 is 15.9 Å². The van der Waals surface area contributed by atoms with Crippen molar-refractivity contribution in [3.63, 3.8) is 0 Å². The van der Waals surface area contributed by atoms with Crippen molar-refractivity contribution in [1.29, 1.82) is 0 Å². The van der Waals surface area contributed by atoms with E-state index in [0.29, 0.717) is 11.1 Å². The molecule has 1 nitrogen and oxygen atoms in total. The van der Waals surface area contributed by atoms with Crippen LogP contribution in [0, 0.1) is 19.7 Å². The van der Waals surface area contributed by atoms with Gasteiger partial charge in [0.1, 0.15) is 12.4 Å². The van der Waals surface area contributed by atoms with E-state index in [9.17, 15) is 17.6 Å². The predicted molar refractivity (Wildman–Crippen MR) is 64.4 cm³/mol. The van der Waals surface area contributed by atoms with Crippen LogP contribution in [0.2, 0.25) is 0 Å². The fourth-order valence-corrected chi connectivity index (χ4v) is 2.69. The Bertz CT molecular complexity index is 394. The third-order valence-electron chi connectivity index (χ3n) is 2.40. The van der Waals surface area contributed by atoms with Crippen molar-refractivity contribution in [2.24, 2.45) is 0 Å². The van der Waals surface area contributed by atoms with Crippen LogP contribution in [0.4, 0.5) is 17.6 Å². The van der Waals surface area contributed by atoms with Crippen molar-refractivity contribution in [3.05, 3.63) is 34.6 Å². The van der Waals surface area contributed by atoms with Crippen molar-refractivity contribution in [2.75, 3.05) is 13.2 Å². The zero-order chi connectivity index (χ0) is 13.9. The molecule has 0 aliphatic rings. The highest BCUT2D eigenvalue weighted by Crippen LogP contribution is 2.30. The Labute approximate surface area is 111 Å². The first kappa shape index (κ1) is 15.4. The van der Waals surface area contributed by atoms with E-state index in [4.69, 9.17) is 0 Å². The molecular formula is C12H13BrF4O. The second-order valence-electron chi connectivity index (χ2n) is 4.05. The van der Waals surface area contributed by atoms with Gasteiger partial charge in [-0.2, -0.15) is 13.2 Å². The Kier molecular flexibility index (Phi) is 5.16. The first-order chi connectivity index (χ1) is 8.20. The third-order valence-corrected chi connectivity index (χ3v) is 3.12. The lowest BCUT2D eigenvalue weighted by molar-refractivity contribution is -0.173. The molecule has 6 heteroatoms. The van der Waals surface area contributed by atoms with Crippen LogP contribution in [0.3, 0.4) is 0 Å². The van der Waals surface area contributed by atoms with E-state index in [1.165, 1.54) is 12.1 Å². The van der Waals surface area contributed by atoms with Crippen LogP contribution in [0.1, 0.15) is 21.5 Å². The molecule has 1 unspecified atom stereocenters. The molecule has 1 aromatic rings. The van der Waals surface area contributed by atoms with Gasteiger partial charge in [-0.05, 0) is 42.7 Å².